The molecule has 3 aromatic rings. The number of carbonyl (C=O) groups excluding carboxylic acids is 3. The fourth-order valence-electron chi connectivity index (χ4n) is 9.43. The molecule has 1 aromatic heterocycles. The van der Waals surface area contributed by atoms with Crippen LogP contribution in [-0.2, 0) is 112 Å². The van der Waals surface area contributed by atoms with Crippen LogP contribution in [0, 0.1) is 0 Å². The van der Waals surface area contributed by atoms with Gasteiger partial charge in [0.25, 0.3) is 42.2 Å². The lowest BCUT2D eigenvalue weighted by molar-refractivity contribution is -0.198. The van der Waals surface area contributed by atoms with Crippen molar-refractivity contribution in [3.05, 3.63) is 77.7 Å². The normalized spacial score (nSPS) is 15.9. The first-order valence-electron chi connectivity index (χ1n) is 29.9. The Morgan fingerprint density at radius 3 is 1.62 bits per heavy atom. The van der Waals surface area contributed by atoms with Crippen LogP contribution in [-0.4, -0.2) is 252 Å². The average molecular weight is 1350 g/mol. The number of nitrogens with zero attached hydrogens (tertiary/aromatic N) is 3. The van der Waals surface area contributed by atoms with Gasteiger partial charge >= 0.3 is 17.8 Å². The van der Waals surface area contributed by atoms with Gasteiger partial charge in [0.05, 0.1) is 186 Å². The van der Waals surface area contributed by atoms with Crippen molar-refractivity contribution in [2.45, 2.75) is 55.8 Å². The Hall–Kier alpha value is -5.21. The molecule has 0 bridgehead atoms. The quantitative estimate of drug-likeness (QED) is 0.0308. The summed E-state index contributed by atoms with van der Waals surface area (Å²) < 4.78 is 174. The molecular formula is C59H88N3O26S3+. The number of hydrogen-bond acceptors (Lipinski definition) is 24. The summed E-state index contributed by atoms with van der Waals surface area (Å²) in [5.41, 5.74) is 2.66. The summed E-state index contributed by atoms with van der Waals surface area (Å²) in [6.07, 6.45) is 7.20. The van der Waals surface area contributed by atoms with Gasteiger partial charge in [-0.1, -0.05) is 12.2 Å². The minimum absolute atomic E-state index is 0.00148. The zero-order valence-corrected chi connectivity index (χ0v) is 54.1. The average Bonchev–Trinajstić information content (AvgIpc) is 1.59. The summed E-state index contributed by atoms with van der Waals surface area (Å²) in [6, 6.07) is 11.5. The molecule has 3 heterocycles. The molecular weight excluding hydrogens is 1260 g/mol. The van der Waals surface area contributed by atoms with Gasteiger partial charge in [-0.3, -0.25) is 23.2 Å². The standard InChI is InChI=1S/C59H87N3O26S3/c1-59(16-4-44-89(66,67)68)52-47-50(91(72,73)74)9-11-53(52)61(19-23-78-28-31-82-36-39-86-43-42-84-37-34-80-29-26-76-20-15-58(65)88-62-56(63)12-13-57(62)64)55(59)7-3-6-48-14-21-87-54-46-49(8-10-51(48)54)60(17-5-45-90(69,70)71)18-22-77-27-30-81-35-38-85-41-40-83-33-32-79-25-24-75-2/h3,6-11,14,21,46-47H,4-5,12-13,15-20,22-45H2,1-2H3,(H2-,66,67,68,69,70,71,72,73,74)/p+1/b6-3+,55-7+. The summed E-state index contributed by atoms with van der Waals surface area (Å²) in [5.74, 6) is -2.83. The van der Waals surface area contributed by atoms with E-state index in [2.05, 4.69) is 0 Å². The number of rotatable bonds is 52. The molecule has 512 valence electrons. The van der Waals surface area contributed by atoms with Gasteiger partial charge in [-0.05, 0) is 73.7 Å². The Morgan fingerprint density at radius 1 is 0.604 bits per heavy atom. The van der Waals surface area contributed by atoms with Gasteiger partial charge < -0.3 is 71.5 Å². The lowest BCUT2D eigenvalue weighted by Crippen LogP contribution is -2.32. The van der Waals surface area contributed by atoms with Crippen LogP contribution >= 0.6 is 0 Å². The lowest BCUT2D eigenvalue weighted by Gasteiger charge is -2.30. The van der Waals surface area contributed by atoms with E-state index in [1.54, 1.807) is 25.3 Å². The highest BCUT2D eigenvalue weighted by atomic mass is 32.2. The number of fused-ring (bicyclic) bond motifs is 2. The van der Waals surface area contributed by atoms with E-state index < -0.39 is 65.1 Å². The van der Waals surface area contributed by atoms with Crippen molar-refractivity contribution in [3.8, 4) is 0 Å². The predicted molar refractivity (Wildman–Crippen MR) is 330 cm³/mol. The van der Waals surface area contributed by atoms with E-state index in [1.165, 1.54) is 18.4 Å². The zero-order valence-electron chi connectivity index (χ0n) is 51.7. The third-order valence-corrected chi connectivity index (χ3v) is 16.4. The highest BCUT2D eigenvalue weighted by Gasteiger charge is 2.44. The highest BCUT2D eigenvalue weighted by molar-refractivity contribution is 7.86. The van der Waals surface area contributed by atoms with Crippen LogP contribution in [0.3, 0.4) is 0 Å². The van der Waals surface area contributed by atoms with Gasteiger partial charge in [0, 0.05) is 68.1 Å². The van der Waals surface area contributed by atoms with Crippen molar-refractivity contribution in [3.63, 3.8) is 0 Å². The van der Waals surface area contributed by atoms with Gasteiger partial charge in [0.1, 0.15) is 0 Å². The summed E-state index contributed by atoms with van der Waals surface area (Å²) in [6.45, 7) is 10.2. The maximum atomic E-state index is 12.5. The predicted octanol–water partition coefficient (Wildman–Crippen LogP) is 4.21. The van der Waals surface area contributed by atoms with Gasteiger partial charge in [-0.25, -0.2) is 9.21 Å². The van der Waals surface area contributed by atoms with Crippen LogP contribution in [0.4, 0.5) is 11.4 Å². The van der Waals surface area contributed by atoms with Gasteiger partial charge in [0.15, 0.2) is 0 Å². The lowest BCUT2D eigenvalue weighted by atomic mass is 9.77. The first-order valence-corrected chi connectivity index (χ1v) is 34.5. The molecule has 2 aromatic carbocycles. The molecule has 1 unspecified atom stereocenters. The number of carbonyl (C=O) groups is 3. The number of hydrogen-bond donors (Lipinski definition) is 3. The van der Waals surface area contributed by atoms with E-state index in [1.807, 2.05) is 47.1 Å². The van der Waals surface area contributed by atoms with Crippen molar-refractivity contribution in [2.75, 3.05) is 200 Å². The maximum absolute atomic E-state index is 12.5. The second-order valence-electron chi connectivity index (χ2n) is 20.6. The Kier molecular flexibility index (Phi) is 34.9. The van der Waals surface area contributed by atoms with Crippen LogP contribution < -0.4 is 9.80 Å². The zero-order chi connectivity index (χ0) is 65.8. The second kappa shape index (κ2) is 41.5. The van der Waals surface area contributed by atoms with Gasteiger partial charge in [-0.15, -0.1) is 5.06 Å². The Bertz CT molecular complexity index is 3080. The Morgan fingerprint density at radius 2 is 1.10 bits per heavy atom. The number of ether oxygens (including phenoxy) is 12. The van der Waals surface area contributed by atoms with Crippen LogP contribution in [0.15, 0.2) is 75.9 Å². The number of amides is 2. The van der Waals surface area contributed by atoms with Crippen molar-refractivity contribution >= 4 is 76.6 Å². The molecule has 3 N–H and O–H groups in total. The molecule has 1 saturated heterocycles. The van der Waals surface area contributed by atoms with Crippen molar-refractivity contribution in [1.82, 2.24) is 5.06 Å². The van der Waals surface area contributed by atoms with Crippen LogP contribution in [0.25, 0.3) is 17.0 Å². The molecule has 0 aliphatic carbocycles. The number of benzene rings is 2. The molecule has 2 aliphatic rings. The van der Waals surface area contributed by atoms with Crippen molar-refractivity contribution in [2.24, 2.45) is 0 Å². The maximum Gasteiger partial charge on any atom is 0.362 e. The first kappa shape index (κ1) is 76.5. The minimum Gasteiger partial charge on any atom is -0.382 e. The SMILES string of the molecule is COCCOCCOCCOCCOCCOCCN(CCCS(=O)(=O)O)c1ccc2c(/C=C/C=C3/N(CCOCCOCCOCCOCCOCCOCCC(=O)ON4C(=O)CCC4=O)c4ccc(S(=O)(=O)O)cc4C3(C)CCCS(=O)(=O)O)cc[o+]c2c1. The van der Waals surface area contributed by atoms with Crippen molar-refractivity contribution < 1.29 is 119 Å². The topological polar surface area (TPSA) is 355 Å². The van der Waals surface area contributed by atoms with E-state index in [0.29, 0.717) is 139 Å². The summed E-state index contributed by atoms with van der Waals surface area (Å²) >= 11 is 0. The third-order valence-electron chi connectivity index (χ3n) is 13.9. The molecule has 0 radical (unpaired) electrons. The van der Waals surface area contributed by atoms with E-state index in [0.717, 1.165) is 10.9 Å². The van der Waals surface area contributed by atoms with Crippen LogP contribution in [0.5, 0.6) is 0 Å². The van der Waals surface area contributed by atoms with E-state index >= 15 is 0 Å². The largest absolute Gasteiger partial charge is 0.382 e. The second-order valence-corrected chi connectivity index (χ2v) is 25.2. The molecule has 0 saturated carbocycles. The third kappa shape index (κ3) is 29.3. The molecule has 29 nitrogen and oxygen atoms in total. The highest BCUT2D eigenvalue weighted by Crippen LogP contribution is 2.51. The fourth-order valence-corrected chi connectivity index (χ4v) is 10.9. The Balaban J connectivity index is 1.11. The molecule has 32 heteroatoms. The fraction of sp³-hybridized carbons (Fsp3) is 0.627. The monoisotopic (exact) mass is 1350 g/mol. The van der Waals surface area contributed by atoms with Gasteiger partial charge in [0.2, 0.25) is 0 Å². The molecule has 1 atom stereocenters. The summed E-state index contributed by atoms with van der Waals surface area (Å²) in [7, 11) is -11.6. The van der Waals surface area contributed by atoms with E-state index in [4.69, 9.17) is 66.1 Å². The number of anilines is 2. The van der Waals surface area contributed by atoms with E-state index in [-0.39, 0.29) is 109 Å². The first-order chi connectivity index (χ1) is 43.7. The molecule has 0 spiro atoms. The van der Waals surface area contributed by atoms with Gasteiger partial charge in [-0.2, -0.15) is 25.3 Å². The van der Waals surface area contributed by atoms with E-state index in [9.17, 15) is 53.3 Å². The Labute approximate surface area is 532 Å². The smallest absolute Gasteiger partial charge is 0.362 e. The molecule has 91 heavy (non-hydrogen) atoms. The molecule has 2 amide bonds. The number of imide groups is 1. The summed E-state index contributed by atoms with van der Waals surface area (Å²) in [5, 5.41) is 1.21. The van der Waals surface area contributed by atoms with Crippen molar-refractivity contribution in [1.29, 1.82) is 0 Å². The molecule has 1 fully saturated rings. The number of allylic oxidation sites excluding steroid dienone is 3. The minimum atomic E-state index is -4.65. The number of hydroxylamine groups is 2. The molecule has 2 aliphatic heterocycles. The van der Waals surface area contributed by atoms with Crippen LogP contribution in [0.1, 0.15) is 56.6 Å². The summed E-state index contributed by atoms with van der Waals surface area (Å²) in [4.78, 5) is 43.2. The van der Waals surface area contributed by atoms with Crippen LogP contribution in [0.2, 0.25) is 0 Å². The molecule has 5 rings (SSSR count). The number of methoxy groups -OCH3 is 1.